The number of nitrogens with two attached hydrogens (primary N) is 1. The Balaban J connectivity index is 2.14. The summed E-state index contributed by atoms with van der Waals surface area (Å²) in [6.07, 6.45) is 3.63. The maximum Gasteiger partial charge on any atom is 0.252 e. The van der Waals surface area contributed by atoms with Crippen LogP contribution in [0.15, 0.2) is 36.5 Å². The van der Waals surface area contributed by atoms with Gasteiger partial charge in [0.25, 0.3) is 5.91 Å². The summed E-state index contributed by atoms with van der Waals surface area (Å²) in [6.45, 7) is 2.90. The number of unbranched alkanes of at least 4 members (excludes halogenated alkanes) is 1. The Morgan fingerprint density at radius 1 is 1.38 bits per heavy atom. The number of nitrogens with zero attached hydrogens (tertiary/aromatic N) is 2. The van der Waals surface area contributed by atoms with Crippen LogP contribution in [0.2, 0.25) is 0 Å². The third-order valence-electron chi connectivity index (χ3n) is 3.61. The molecule has 0 saturated carbocycles. The van der Waals surface area contributed by atoms with E-state index in [9.17, 15) is 4.79 Å². The first kappa shape index (κ1) is 13.4. The van der Waals surface area contributed by atoms with Crippen molar-refractivity contribution in [2.24, 2.45) is 5.73 Å². The molecule has 0 radical (unpaired) electrons. The molecule has 0 fully saturated rings. The number of hydrogen-bond acceptors (Lipinski definition) is 2. The van der Waals surface area contributed by atoms with E-state index in [1.54, 1.807) is 6.20 Å². The van der Waals surface area contributed by atoms with Gasteiger partial charge in [-0.1, -0.05) is 31.5 Å². The van der Waals surface area contributed by atoms with Crippen LogP contribution in [0.5, 0.6) is 0 Å². The second-order valence-corrected chi connectivity index (χ2v) is 5.12. The number of para-hydroxylation sites is 1. The Morgan fingerprint density at radius 2 is 2.19 bits per heavy atom. The highest BCUT2D eigenvalue weighted by Crippen LogP contribution is 2.27. The van der Waals surface area contributed by atoms with Crippen molar-refractivity contribution in [1.82, 2.24) is 14.8 Å². The highest BCUT2D eigenvalue weighted by molar-refractivity contribution is 5.99. The average molecular weight is 282 g/mol. The fourth-order valence-electron chi connectivity index (χ4n) is 2.53. The SMILES string of the molecule is CCCCn1ncc(C(N)=O)c1-c1cc2ccccc2[nH]1. The van der Waals surface area contributed by atoms with Crippen molar-refractivity contribution in [2.75, 3.05) is 0 Å². The number of hydrogen-bond donors (Lipinski definition) is 2. The van der Waals surface area contributed by atoms with E-state index in [2.05, 4.69) is 17.0 Å². The second kappa shape index (κ2) is 5.44. The van der Waals surface area contributed by atoms with E-state index in [1.165, 1.54) is 0 Å². The minimum Gasteiger partial charge on any atom is -0.365 e. The quantitative estimate of drug-likeness (QED) is 0.754. The predicted octanol–water partition coefficient (Wildman–Crippen LogP) is 2.93. The van der Waals surface area contributed by atoms with Gasteiger partial charge < -0.3 is 10.7 Å². The molecular formula is C16H18N4O. The number of aryl methyl sites for hydroxylation is 1. The van der Waals surface area contributed by atoms with Gasteiger partial charge in [0.15, 0.2) is 0 Å². The number of amides is 1. The van der Waals surface area contributed by atoms with E-state index < -0.39 is 5.91 Å². The highest BCUT2D eigenvalue weighted by atomic mass is 16.1. The minimum absolute atomic E-state index is 0.452. The molecule has 3 aromatic rings. The summed E-state index contributed by atoms with van der Waals surface area (Å²) in [5.41, 5.74) is 8.62. The van der Waals surface area contributed by atoms with Crippen LogP contribution in [0.3, 0.4) is 0 Å². The average Bonchev–Trinajstić information content (AvgIpc) is 3.08. The number of fused-ring (bicyclic) bond motifs is 1. The Labute approximate surface area is 122 Å². The van der Waals surface area contributed by atoms with Gasteiger partial charge in [-0.05, 0) is 18.6 Å². The number of carbonyl (C=O) groups excluding carboxylic acids is 1. The van der Waals surface area contributed by atoms with Gasteiger partial charge in [-0.3, -0.25) is 9.48 Å². The smallest absolute Gasteiger partial charge is 0.252 e. The normalized spacial score (nSPS) is 11.1. The molecule has 5 heteroatoms. The van der Waals surface area contributed by atoms with Gasteiger partial charge >= 0.3 is 0 Å². The fraction of sp³-hybridized carbons (Fsp3) is 0.250. The fourth-order valence-corrected chi connectivity index (χ4v) is 2.53. The van der Waals surface area contributed by atoms with Crippen LogP contribution in [0, 0.1) is 0 Å². The summed E-state index contributed by atoms with van der Waals surface area (Å²) >= 11 is 0. The number of nitrogens with one attached hydrogen (secondary N) is 1. The molecule has 0 aliphatic heterocycles. The molecule has 0 bridgehead atoms. The van der Waals surface area contributed by atoms with Gasteiger partial charge in [0, 0.05) is 17.4 Å². The summed E-state index contributed by atoms with van der Waals surface area (Å²) in [5.74, 6) is -0.452. The molecule has 2 heterocycles. The van der Waals surface area contributed by atoms with Crippen molar-refractivity contribution in [2.45, 2.75) is 26.3 Å². The Kier molecular flexibility index (Phi) is 3.48. The van der Waals surface area contributed by atoms with Crippen LogP contribution < -0.4 is 5.73 Å². The molecular weight excluding hydrogens is 264 g/mol. The summed E-state index contributed by atoms with van der Waals surface area (Å²) in [5, 5.41) is 5.42. The van der Waals surface area contributed by atoms with E-state index in [0.717, 1.165) is 41.7 Å². The molecule has 0 spiro atoms. The maximum atomic E-state index is 11.7. The monoisotopic (exact) mass is 282 g/mol. The van der Waals surface area contributed by atoms with Crippen molar-refractivity contribution in [3.8, 4) is 11.4 Å². The first-order valence-electron chi connectivity index (χ1n) is 7.14. The van der Waals surface area contributed by atoms with Crippen molar-refractivity contribution < 1.29 is 4.79 Å². The van der Waals surface area contributed by atoms with Crippen molar-refractivity contribution in [3.63, 3.8) is 0 Å². The summed E-state index contributed by atoms with van der Waals surface area (Å²) in [4.78, 5) is 15.0. The van der Waals surface area contributed by atoms with Crippen LogP contribution >= 0.6 is 0 Å². The van der Waals surface area contributed by atoms with Crippen molar-refractivity contribution in [1.29, 1.82) is 0 Å². The summed E-state index contributed by atoms with van der Waals surface area (Å²) < 4.78 is 1.86. The first-order chi connectivity index (χ1) is 10.2. The van der Waals surface area contributed by atoms with Crippen LogP contribution in [-0.2, 0) is 6.54 Å². The lowest BCUT2D eigenvalue weighted by Gasteiger charge is -2.06. The lowest BCUT2D eigenvalue weighted by atomic mass is 10.1. The predicted molar refractivity (Wildman–Crippen MR) is 82.9 cm³/mol. The van der Waals surface area contributed by atoms with Gasteiger partial charge in [-0.15, -0.1) is 0 Å². The number of benzene rings is 1. The van der Waals surface area contributed by atoms with Crippen molar-refractivity contribution in [3.05, 3.63) is 42.1 Å². The molecule has 1 amide bonds. The number of carbonyl (C=O) groups is 1. The molecule has 0 unspecified atom stereocenters. The topological polar surface area (TPSA) is 76.7 Å². The van der Waals surface area contributed by atoms with Crippen LogP contribution in [0.25, 0.3) is 22.3 Å². The van der Waals surface area contributed by atoms with E-state index in [4.69, 9.17) is 5.73 Å². The Hall–Kier alpha value is -2.56. The first-order valence-corrected chi connectivity index (χ1v) is 7.14. The zero-order chi connectivity index (χ0) is 14.8. The largest absolute Gasteiger partial charge is 0.365 e. The molecule has 0 aliphatic rings. The molecule has 3 N–H and O–H groups in total. The van der Waals surface area contributed by atoms with E-state index in [1.807, 2.05) is 35.0 Å². The maximum absolute atomic E-state index is 11.7. The van der Waals surface area contributed by atoms with Crippen LogP contribution in [0.1, 0.15) is 30.1 Å². The van der Waals surface area contributed by atoms with Gasteiger partial charge in [0.1, 0.15) is 0 Å². The molecule has 0 atom stereocenters. The zero-order valence-electron chi connectivity index (χ0n) is 12.0. The summed E-state index contributed by atoms with van der Waals surface area (Å²) in [6, 6.07) is 10.0. The number of aromatic amines is 1. The van der Waals surface area contributed by atoms with Gasteiger partial charge in [0.05, 0.1) is 23.1 Å². The number of aromatic nitrogens is 3. The van der Waals surface area contributed by atoms with Gasteiger partial charge in [0.2, 0.25) is 0 Å². The minimum atomic E-state index is -0.452. The Bertz CT molecular complexity index is 752. The van der Waals surface area contributed by atoms with E-state index >= 15 is 0 Å². The van der Waals surface area contributed by atoms with Gasteiger partial charge in [-0.25, -0.2) is 0 Å². The molecule has 108 valence electrons. The van der Waals surface area contributed by atoms with Crippen LogP contribution in [-0.4, -0.2) is 20.7 Å². The number of rotatable bonds is 5. The number of primary amides is 1. The second-order valence-electron chi connectivity index (χ2n) is 5.12. The van der Waals surface area contributed by atoms with Crippen molar-refractivity contribution >= 4 is 16.8 Å². The van der Waals surface area contributed by atoms with Gasteiger partial charge in [-0.2, -0.15) is 5.10 Å². The molecule has 0 aliphatic carbocycles. The standard InChI is InChI=1S/C16H18N4O/c1-2-3-8-20-15(12(10-18-20)16(17)21)14-9-11-6-4-5-7-13(11)19-14/h4-7,9-10,19H,2-3,8H2,1H3,(H2,17,21). The summed E-state index contributed by atoms with van der Waals surface area (Å²) in [7, 11) is 0. The third kappa shape index (κ3) is 2.42. The van der Waals surface area contributed by atoms with Crippen LogP contribution in [0.4, 0.5) is 0 Å². The molecule has 5 nitrogen and oxygen atoms in total. The van der Waals surface area contributed by atoms with E-state index in [-0.39, 0.29) is 0 Å². The lowest BCUT2D eigenvalue weighted by Crippen LogP contribution is -2.12. The third-order valence-corrected chi connectivity index (χ3v) is 3.61. The molecule has 21 heavy (non-hydrogen) atoms. The Morgan fingerprint density at radius 3 is 2.90 bits per heavy atom. The molecule has 3 rings (SSSR count). The number of H-pyrrole nitrogens is 1. The lowest BCUT2D eigenvalue weighted by molar-refractivity contribution is 0.100. The molecule has 1 aromatic carbocycles. The highest BCUT2D eigenvalue weighted by Gasteiger charge is 2.18. The molecule has 2 aromatic heterocycles. The molecule has 0 saturated heterocycles. The zero-order valence-corrected chi connectivity index (χ0v) is 12.0. The van der Waals surface area contributed by atoms with E-state index in [0.29, 0.717) is 5.56 Å².